The molecule has 3 N–H and O–H groups in total. The molecule has 1 aliphatic rings. The monoisotopic (exact) mass is 286 g/mol. The summed E-state index contributed by atoms with van der Waals surface area (Å²) in [6.07, 6.45) is -0.105. The molecule has 1 saturated heterocycles. The van der Waals surface area contributed by atoms with Gasteiger partial charge < -0.3 is 20.5 Å². The average molecular weight is 286 g/mol. The van der Waals surface area contributed by atoms with E-state index in [1.165, 1.54) is 0 Å². The van der Waals surface area contributed by atoms with Gasteiger partial charge in [0, 0.05) is 6.42 Å². The van der Waals surface area contributed by atoms with Crippen molar-refractivity contribution >= 4 is 17.8 Å². The lowest BCUT2D eigenvalue weighted by Crippen LogP contribution is -2.48. The summed E-state index contributed by atoms with van der Waals surface area (Å²) in [5.74, 6) is -2.00. The number of hydrogen-bond acceptors (Lipinski definition) is 5. The van der Waals surface area contributed by atoms with E-state index >= 15 is 0 Å². The number of ether oxygens (including phenoxy) is 1. The van der Waals surface area contributed by atoms with Crippen LogP contribution in [0, 0.1) is 5.92 Å². The van der Waals surface area contributed by atoms with Gasteiger partial charge in [-0.1, -0.05) is 0 Å². The zero-order chi connectivity index (χ0) is 15.3. The molecule has 7 heteroatoms. The van der Waals surface area contributed by atoms with Crippen LogP contribution < -0.4 is 10.6 Å². The van der Waals surface area contributed by atoms with Crippen molar-refractivity contribution in [1.29, 1.82) is 0 Å². The fraction of sp³-hybridized carbons (Fsp3) is 0.769. The van der Waals surface area contributed by atoms with E-state index in [-0.39, 0.29) is 24.7 Å². The van der Waals surface area contributed by atoms with Gasteiger partial charge in [0.05, 0.1) is 6.42 Å². The molecule has 1 rings (SSSR count). The fourth-order valence-corrected chi connectivity index (χ4v) is 1.76. The lowest BCUT2D eigenvalue weighted by molar-refractivity contribution is -0.158. The Morgan fingerprint density at radius 1 is 1.35 bits per heavy atom. The molecule has 0 spiro atoms. The topological polar surface area (TPSA) is 105 Å². The smallest absolute Gasteiger partial charge is 0.326 e. The van der Waals surface area contributed by atoms with Crippen LogP contribution in [0.15, 0.2) is 0 Å². The zero-order valence-electron chi connectivity index (χ0n) is 12.1. The first-order valence-corrected chi connectivity index (χ1v) is 6.62. The van der Waals surface area contributed by atoms with Crippen molar-refractivity contribution in [1.82, 2.24) is 10.6 Å². The van der Waals surface area contributed by atoms with Crippen molar-refractivity contribution in [3.05, 3.63) is 0 Å². The molecule has 0 radical (unpaired) electrons. The molecule has 20 heavy (non-hydrogen) atoms. The predicted molar refractivity (Wildman–Crippen MR) is 71.0 cm³/mol. The largest absolute Gasteiger partial charge is 0.480 e. The molecular formula is C13H22N2O5. The Bertz CT molecular complexity index is 385. The van der Waals surface area contributed by atoms with Crippen LogP contribution in [0.4, 0.5) is 0 Å². The number of carboxylic acid groups (broad SMARTS) is 1. The molecule has 7 nitrogen and oxygen atoms in total. The minimum absolute atomic E-state index is 0.242. The molecule has 0 saturated carbocycles. The van der Waals surface area contributed by atoms with Crippen LogP contribution in [-0.2, 0) is 19.1 Å². The van der Waals surface area contributed by atoms with Crippen molar-refractivity contribution in [3.63, 3.8) is 0 Å². The number of esters is 1. The number of rotatable bonds is 6. The van der Waals surface area contributed by atoms with Crippen molar-refractivity contribution in [2.45, 2.75) is 45.3 Å². The molecule has 1 amide bonds. The second-order valence-corrected chi connectivity index (χ2v) is 5.98. The molecule has 1 heterocycles. The minimum atomic E-state index is -1.25. The number of nitrogens with one attached hydrogen (secondary N) is 2. The van der Waals surface area contributed by atoms with Gasteiger partial charge in [-0.15, -0.1) is 0 Å². The third kappa shape index (κ3) is 6.01. The van der Waals surface area contributed by atoms with E-state index in [1.807, 2.05) is 0 Å². The van der Waals surface area contributed by atoms with E-state index in [1.54, 1.807) is 20.8 Å². The molecule has 114 valence electrons. The molecule has 0 unspecified atom stereocenters. The van der Waals surface area contributed by atoms with E-state index in [2.05, 4.69) is 10.6 Å². The quantitative estimate of drug-likeness (QED) is 0.589. The van der Waals surface area contributed by atoms with Crippen molar-refractivity contribution < 1.29 is 24.2 Å². The Labute approximate surface area is 118 Å². The highest BCUT2D eigenvalue weighted by molar-refractivity contribution is 5.87. The van der Waals surface area contributed by atoms with Gasteiger partial charge in [-0.2, -0.15) is 0 Å². The highest BCUT2D eigenvalue weighted by Gasteiger charge is 2.28. The first-order chi connectivity index (χ1) is 9.17. The molecule has 1 atom stereocenters. The van der Waals surface area contributed by atoms with E-state index in [9.17, 15) is 14.4 Å². The van der Waals surface area contributed by atoms with Gasteiger partial charge in [-0.3, -0.25) is 9.59 Å². The fourth-order valence-electron chi connectivity index (χ4n) is 1.76. The van der Waals surface area contributed by atoms with Crippen molar-refractivity contribution in [2.75, 3.05) is 13.1 Å². The Balaban J connectivity index is 2.45. The van der Waals surface area contributed by atoms with Gasteiger partial charge in [0.15, 0.2) is 0 Å². The maximum atomic E-state index is 11.7. The molecule has 0 aromatic carbocycles. The van der Waals surface area contributed by atoms with Crippen LogP contribution in [0.25, 0.3) is 0 Å². The summed E-state index contributed by atoms with van der Waals surface area (Å²) in [5, 5.41) is 14.4. The molecule has 1 aliphatic heterocycles. The number of hydrogen-bond donors (Lipinski definition) is 3. The highest BCUT2D eigenvalue weighted by atomic mass is 16.6. The summed E-state index contributed by atoms with van der Waals surface area (Å²) in [7, 11) is 0. The Morgan fingerprint density at radius 3 is 2.35 bits per heavy atom. The molecule has 1 fully saturated rings. The van der Waals surface area contributed by atoms with Gasteiger partial charge >= 0.3 is 11.9 Å². The van der Waals surface area contributed by atoms with Gasteiger partial charge in [0.25, 0.3) is 0 Å². The third-order valence-corrected chi connectivity index (χ3v) is 2.76. The van der Waals surface area contributed by atoms with Gasteiger partial charge in [-0.25, -0.2) is 4.79 Å². The van der Waals surface area contributed by atoms with Gasteiger partial charge in [0.2, 0.25) is 5.91 Å². The molecule has 0 bridgehead atoms. The number of carboxylic acids is 1. The van der Waals surface area contributed by atoms with Gasteiger partial charge in [0.1, 0.15) is 11.6 Å². The van der Waals surface area contributed by atoms with Crippen LogP contribution >= 0.6 is 0 Å². The zero-order valence-corrected chi connectivity index (χ0v) is 12.1. The summed E-state index contributed by atoms with van der Waals surface area (Å²) >= 11 is 0. The van der Waals surface area contributed by atoms with Crippen LogP contribution in [0.2, 0.25) is 0 Å². The van der Waals surface area contributed by atoms with E-state index < -0.39 is 23.6 Å². The maximum absolute atomic E-state index is 11.7. The molecule has 0 aromatic heterocycles. The first-order valence-electron chi connectivity index (χ1n) is 6.62. The number of amides is 1. The first kappa shape index (κ1) is 16.4. The van der Waals surface area contributed by atoms with Crippen LogP contribution in [0.3, 0.4) is 0 Å². The number of carbonyl (C=O) groups is 3. The van der Waals surface area contributed by atoms with E-state index in [4.69, 9.17) is 9.84 Å². The lowest BCUT2D eigenvalue weighted by atomic mass is 9.99. The predicted octanol–water partition coefficient (Wildman–Crippen LogP) is -0.103. The standard InChI is InChI=1S/C13H22N2O5/c1-13(2,3)20-11(17)5-9(12(18)19)15-10(16)4-8-6-14-7-8/h8-9,14H,4-7H2,1-3H3,(H,15,16)(H,18,19)/t9-/m0/s1. The van der Waals surface area contributed by atoms with Crippen molar-refractivity contribution in [3.8, 4) is 0 Å². The lowest BCUT2D eigenvalue weighted by Gasteiger charge is -2.27. The third-order valence-electron chi connectivity index (χ3n) is 2.76. The maximum Gasteiger partial charge on any atom is 0.326 e. The Morgan fingerprint density at radius 2 is 1.95 bits per heavy atom. The second-order valence-electron chi connectivity index (χ2n) is 5.98. The number of carbonyl (C=O) groups excluding carboxylic acids is 2. The van der Waals surface area contributed by atoms with E-state index in [0.717, 1.165) is 13.1 Å². The van der Waals surface area contributed by atoms with Crippen molar-refractivity contribution in [2.24, 2.45) is 5.92 Å². The summed E-state index contributed by atoms with van der Waals surface area (Å²) in [6.45, 7) is 6.61. The SMILES string of the molecule is CC(C)(C)OC(=O)C[C@H](NC(=O)CC1CNC1)C(=O)O. The summed E-state index contributed by atoms with van der Waals surface area (Å²) in [4.78, 5) is 34.3. The molecular weight excluding hydrogens is 264 g/mol. The Kier molecular flexibility index (Phi) is 5.50. The minimum Gasteiger partial charge on any atom is -0.480 e. The summed E-state index contributed by atoms with van der Waals surface area (Å²) < 4.78 is 5.05. The second kappa shape index (κ2) is 6.69. The molecule has 0 aliphatic carbocycles. The van der Waals surface area contributed by atoms with Crippen LogP contribution in [0.5, 0.6) is 0 Å². The highest BCUT2D eigenvalue weighted by Crippen LogP contribution is 2.11. The normalized spacial score (nSPS) is 16.9. The van der Waals surface area contributed by atoms with E-state index in [0.29, 0.717) is 0 Å². The van der Waals surface area contributed by atoms with Crippen LogP contribution in [0.1, 0.15) is 33.6 Å². The number of aliphatic carboxylic acids is 1. The van der Waals surface area contributed by atoms with Crippen LogP contribution in [-0.4, -0.2) is 47.7 Å². The Hall–Kier alpha value is -1.63. The van der Waals surface area contributed by atoms with Gasteiger partial charge in [-0.05, 0) is 39.8 Å². The summed E-state index contributed by atoms with van der Waals surface area (Å²) in [5.41, 5.74) is -0.679. The molecule has 0 aromatic rings. The summed E-state index contributed by atoms with van der Waals surface area (Å²) in [6, 6.07) is -1.25. The average Bonchev–Trinajstić information content (AvgIpc) is 2.19.